The minimum absolute atomic E-state index is 0.692. The first-order valence-corrected chi connectivity index (χ1v) is 5.58. The van der Waals surface area contributed by atoms with Gasteiger partial charge in [0.05, 0.1) is 0 Å². The van der Waals surface area contributed by atoms with Crippen LogP contribution in [0.25, 0.3) is 5.65 Å². The maximum atomic E-state index is 10.8. The van der Waals surface area contributed by atoms with Crippen molar-refractivity contribution in [2.45, 2.75) is 26.2 Å². The first-order valence-electron chi connectivity index (χ1n) is 5.58. The molecule has 0 spiro atoms. The van der Waals surface area contributed by atoms with Gasteiger partial charge in [-0.05, 0) is 31.7 Å². The van der Waals surface area contributed by atoms with Crippen molar-refractivity contribution in [2.75, 3.05) is 0 Å². The van der Waals surface area contributed by atoms with E-state index in [4.69, 9.17) is 0 Å². The van der Waals surface area contributed by atoms with Crippen LogP contribution >= 0.6 is 0 Å². The average Bonchev–Trinajstić information content (AvgIpc) is 3.00. The van der Waals surface area contributed by atoms with Gasteiger partial charge >= 0.3 is 0 Å². The van der Waals surface area contributed by atoms with Crippen LogP contribution in [0.15, 0.2) is 12.3 Å². The molecule has 2 aromatic rings. The molecule has 0 unspecified atom stereocenters. The Morgan fingerprint density at radius 3 is 3.00 bits per heavy atom. The molecular formula is C12H13N3O. The molecule has 0 aliphatic heterocycles. The van der Waals surface area contributed by atoms with Gasteiger partial charge in [0.1, 0.15) is 5.82 Å². The Bertz CT molecular complexity index is 555. The molecule has 0 amide bonds. The number of aromatic nitrogens is 3. The Balaban J connectivity index is 2.12. The third kappa shape index (κ3) is 1.41. The van der Waals surface area contributed by atoms with E-state index >= 15 is 0 Å². The van der Waals surface area contributed by atoms with Crippen LogP contribution in [0.1, 0.15) is 34.6 Å². The van der Waals surface area contributed by atoms with Crippen molar-refractivity contribution >= 4 is 11.9 Å². The normalized spacial score (nSPS) is 15.6. The van der Waals surface area contributed by atoms with Crippen molar-refractivity contribution in [3.8, 4) is 0 Å². The smallest absolute Gasteiger partial charge is 0.164 e. The zero-order valence-corrected chi connectivity index (χ0v) is 9.18. The van der Waals surface area contributed by atoms with Gasteiger partial charge in [-0.25, -0.2) is 0 Å². The fourth-order valence-electron chi connectivity index (χ4n) is 1.99. The van der Waals surface area contributed by atoms with Crippen LogP contribution in [0.3, 0.4) is 0 Å². The standard InChI is InChI=1S/C12H13N3O/c1-8-10(7-16)4-5-15-11(6-9-2-3-9)13-14-12(8)15/h4-5,7,9H,2-3,6H2,1H3. The van der Waals surface area contributed by atoms with Crippen LogP contribution in [0.5, 0.6) is 0 Å². The maximum absolute atomic E-state index is 10.8. The Morgan fingerprint density at radius 2 is 2.31 bits per heavy atom. The molecule has 0 radical (unpaired) electrons. The Labute approximate surface area is 93.3 Å². The van der Waals surface area contributed by atoms with Crippen LogP contribution < -0.4 is 0 Å². The number of hydrogen-bond donors (Lipinski definition) is 0. The van der Waals surface area contributed by atoms with Crippen LogP contribution in [-0.4, -0.2) is 20.9 Å². The van der Waals surface area contributed by atoms with Gasteiger partial charge in [-0.3, -0.25) is 9.20 Å². The maximum Gasteiger partial charge on any atom is 0.164 e. The molecule has 0 saturated heterocycles. The Morgan fingerprint density at radius 1 is 1.50 bits per heavy atom. The van der Waals surface area contributed by atoms with E-state index < -0.39 is 0 Å². The van der Waals surface area contributed by atoms with Gasteiger partial charge in [0.15, 0.2) is 11.9 Å². The highest BCUT2D eigenvalue weighted by Gasteiger charge is 2.24. The number of pyridine rings is 1. The lowest BCUT2D eigenvalue weighted by molar-refractivity contribution is 0.112. The SMILES string of the molecule is Cc1c(C=O)ccn2c(CC3CC3)nnc12. The van der Waals surface area contributed by atoms with Crippen molar-refractivity contribution in [1.82, 2.24) is 14.6 Å². The van der Waals surface area contributed by atoms with E-state index in [-0.39, 0.29) is 0 Å². The zero-order chi connectivity index (χ0) is 11.1. The van der Waals surface area contributed by atoms with E-state index in [0.717, 1.165) is 35.7 Å². The first kappa shape index (κ1) is 9.51. The molecule has 16 heavy (non-hydrogen) atoms. The summed E-state index contributed by atoms with van der Waals surface area (Å²) >= 11 is 0. The van der Waals surface area contributed by atoms with E-state index in [2.05, 4.69) is 10.2 Å². The highest BCUT2D eigenvalue weighted by Crippen LogP contribution is 2.32. The molecule has 82 valence electrons. The van der Waals surface area contributed by atoms with Crippen molar-refractivity contribution in [1.29, 1.82) is 0 Å². The summed E-state index contributed by atoms with van der Waals surface area (Å²) in [5, 5.41) is 8.37. The molecule has 0 aromatic carbocycles. The van der Waals surface area contributed by atoms with Gasteiger partial charge < -0.3 is 0 Å². The van der Waals surface area contributed by atoms with Crippen molar-refractivity contribution in [3.05, 3.63) is 29.2 Å². The quantitative estimate of drug-likeness (QED) is 0.733. The highest BCUT2D eigenvalue weighted by atomic mass is 16.1. The molecule has 1 saturated carbocycles. The van der Waals surface area contributed by atoms with E-state index in [9.17, 15) is 4.79 Å². The van der Waals surface area contributed by atoms with Crippen molar-refractivity contribution in [3.63, 3.8) is 0 Å². The molecule has 2 heterocycles. The largest absolute Gasteiger partial charge is 0.298 e. The number of aldehydes is 1. The predicted molar refractivity (Wildman–Crippen MR) is 59.5 cm³/mol. The van der Waals surface area contributed by atoms with E-state index in [1.54, 1.807) is 0 Å². The van der Waals surface area contributed by atoms with E-state index in [0.29, 0.717) is 5.56 Å². The van der Waals surface area contributed by atoms with Gasteiger partial charge in [0.25, 0.3) is 0 Å². The number of hydrogen-bond acceptors (Lipinski definition) is 3. The fourth-order valence-corrected chi connectivity index (χ4v) is 1.99. The van der Waals surface area contributed by atoms with E-state index in [1.165, 1.54) is 12.8 Å². The predicted octanol–water partition coefficient (Wildman–Crippen LogP) is 1.80. The number of fused-ring (bicyclic) bond motifs is 1. The molecule has 3 rings (SSSR count). The molecule has 1 aliphatic rings. The van der Waals surface area contributed by atoms with Crippen LogP contribution in [0.4, 0.5) is 0 Å². The van der Waals surface area contributed by atoms with Gasteiger partial charge in [-0.2, -0.15) is 0 Å². The Kier molecular flexibility index (Phi) is 2.02. The van der Waals surface area contributed by atoms with Gasteiger partial charge in [0, 0.05) is 23.7 Å². The van der Waals surface area contributed by atoms with Crippen LogP contribution in [0.2, 0.25) is 0 Å². The lowest BCUT2D eigenvalue weighted by atomic mass is 10.1. The van der Waals surface area contributed by atoms with Crippen molar-refractivity contribution in [2.24, 2.45) is 5.92 Å². The first-order chi connectivity index (χ1) is 7.79. The summed E-state index contributed by atoms with van der Waals surface area (Å²) in [6, 6.07) is 1.83. The van der Waals surface area contributed by atoms with E-state index in [1.807, 2.05) is 23.6 Å². The number of carbonyl (C=O) groups excluding carboxylic acids is 1. The van der Waals surface area contributed by atoms with Crippen molar-refractivity contribution < 1.29 is 4.79 Å². The number of carbonyl (C=O) groups is 1. The molecular weight excluding hydrogens is 202 g/mol. The minimum Gasteiger partial charge on any atom is -0.298 e. The summed E-state index contributed by atoms with van der Waals surface area (Å²) in [5.74, 6) is 1.80. The topological polar surface area (TPSA) is 47.3 Å². The van der Waals surface area contributed by atoms with Gasteiger partial charge in [-0.1, -0.05) is 0 Å². The average molecular weight is 215 g/mol. The fraction of sp³-hybridized carbons (Fsp3) is 0.417. The summed E-state index contributed by atoms with van der Waals surface area (Å²) in [4.78, 5) is 10.8. The number of aryl methyl sites for hydroxylation is 1. The highest BCUT2D eigenvalue weighted by molar-refractivity contribution is 5.80. The molecule has 0 N–H and O–H groups in total. The monoisotopic (exact) mass is 215 g/mol. The summed E-state index contributed by atoms with van der Waals surface area (Å²) < 4.78 is 2.00. The third-order valence-electron chi connectivity index (χ3n) is 3.23. The molecule has 0 bridgehead atoms. The number of nitrogens with zero attached hydrogens (tertiary/aromatic N) is 3. The molecule has 4 heteroatoms. The minimum atomic E-state index is 0.692. The lowest BCUT2D eigenvalue weighted by Crippen LogP contribution is -1.98. The van der Waals surface area contributed by atoms with Gasteiger partial charge in [-0.15, -0.1) is 10.2 Å². The molecule has 2 aromatic heterocycles. The molecule has 0 atom stereocenters. The second-order valence-electron chi connectivity index (χ2n) is 4.47. The summed E-state index contributed by atoms with van der Waals surface area (Å²) in [6.45, 7) is 1.91. The molecule has 1 aliphatic carbocycles. The molecule has 4 nitrogen and oxygen atoms in total. The summed E-state index contributed by atoms with van der Waals surface area (Å²) in [5.41, 5.74) is 2.41. The third-order valence-corrected chi connectivity index (χ3v) is 3.23. The zero-order valence-electron chi connectivity index (χ0n) is 9.18. The van der Waals surface area contributed by atoms with Gasteiger partial charge in [0.2, 0.25) is 0 Å². The summed E-state index contributed by atoms with van der Waals surface area (Å²) in [7, 11) is 0. The molecule has 1 fully saturated rings. The second kappa shape index (κ2) is 3.40. The van der Waals surface area contributed by atoms with Crippen LogP contribution in [0, 0.1) is 12.8 Å². The summed E-state index contributed by atoms with van der Waals surface area (Å²) in [6.07, 6.45) is 6.37. The number of rotatable bonds is 3. The Hall–Kier alpha value is -1.71. The lowest BCUT2D eigenvalue weighted by Gasteiger charge is -2.02. The van der Waals surface area contributed by atoms with Crippen LogP contribution in [-0.2, 0) is 6.42 Å². The second-order valence-corrected chi connectivity index (χ2v) is 4.47.